The van der Waals surface area contributed by atoms with Gasteiger partial charge in [0.25, 0.3) is 0 Å². The first-order chi connectivity index (χ1) is 11.2. The minimum atomic E-state index is 0.313. The van der Waals surface area contributed by atoms with Crippen LogP contribution in [0.1, 0.15) is 17.6 Å². The van der Waals surface area contributed by atoms with Gasteiger partial charge in [0.1, 0.15) is 10.4 Å². The van der Waals surface area contributed by atoms with Crippen molar-refractivity contribution in [2.45, 2.75) is 13.0 Å². The third-order valence-electron chi connectivity index (χ3n) is 4.41. The van der Waals surface area contributed by atoms with Gasteiger partial charge in [-0.15, -0.1) is 0 Å². The lowest BCUT2D eigenvalue weighted by atomic mass is 10.1. The molecule has 2 heterocycles. The summed E-state index contributed by atoms with van der Waals surface area (Å²) in [6.45, 7) is 7.10. The number of H-pyrrole nitrogens is 1. The molecule has 6 heteroatoms. The number of nitrogens with one attached hydrogen (secondary N) is 2. The monoisotopic (exact) mass is 377 g/mol. The van der Waals surface area contributed by atoms with Crippen LogP contribution in [0.5, 0.6) is 0 Å². The first kappa shape index (κ1) is 16.5. The molecule has 3 rings (SSSR count). The molecule has 1 atom stereocenters. The van der Waals surface area contributed by atoms with Crippen LogP contribution in [0.3, 0.4) is 0 Å². The summed E-state index contributed by atoms with van der Waals surface area (Å²) in [4.78, 5) is 12.9. The average molecular weight is 378 g/mol. The summed E-state index contributed by atoms with van der Waals surface area (Å²) in [6, 6.07) is 11.0. The van der Waals surface area contributed by atoms with Crippen LogP contribution < -0.4 is 10.2 Å². The normalized spacial score (nSPS) is 17.4. The third-order valence-corrected chi connectivity index (χ3v) is 5.02. The Morgan fingerprint density at radius 3 is 2.48 bits per heavy atom. The van der Waals surface area contributed by atoms with Crippen molar-refractivity contribution in [1.82, 2.24) is 20.2 Å². The van der Waals surface area contributed by atoms with Gasteiger partial charge in [-0.05, 0) is 42.0 Å². The molecular weight excluding hydrogens is 354 g/mol. The first-order valence-corrected chi connectivity index (χ1v) is 8.89. The maximum Gasteiger partial charge on any atom is 0.129 e. The largest absolute Gasteiger partial charge is 0.369 e. The molecule has 0 radical (unpaired) electrons. The van der Waals surface area contributed by atoms with E-state index in [1.807, 2.05) is 14.0 Å². The lowest BCUT2D eigenvalue weighted by Crippen LogP contribution is -2.49. The van der Waals surface area contributed by atoms with Crippen molar-refractivity contribution in [2.24, 2.45) is 0 Å². The number of anilines is 1. The maximum absolute atomic E-state index is 4.47. The highest BCUT2D eigenvalue weighted by Crippen LogP contribution is 2.27. The lowest BCUT2D eigenvalue weighted by Gasteiger charge is -2.40. The average Bonchev–Trinajstić information content (AvgIpc) is 2.92. The summed E-state index contributed by atoms with van der Waals surface area (Å²) in [5, 5.41) is 3.32. The van der Waals surface area contributed by atoms with Crippen molar-refractivity contribution in [3.05, 3.63) is 46.5 Å². The molecule has 0 bridgehead atoms. The van der Waals surface area contributed by atoms with Gasteiger partial charge in [0.05, 0.1) is 11.7 Å². The Balaban J connectivity index is 1.70. The van der Waals surface area contributed by atoms with Crippen LogP contribution in [0.25, 0.3) is 0 Å². The highest BCUT2D eigenvalue weighted by Gasteiger charge is 2.27. The summed E-state index contributed by atoms with van der Waals surface area (Å²) in [5.41, 5.74) is 2.49. The van der Waals surface area contributed by atoms with E-state index in [0.717, 1.165) is 43.2 Å². The van der Waals surface area contributed by atoms with Crippen LogP contribution in [0.4, 0.5) is 5.69 Å². The summed E-state index contributed by atoms with van der Waals surface area (Å²) < 4.78 is 0.931. The van der Waals surface area contributed by atoms with Crippen LogP contribution in [0, 0.1) is 6.92 Å². The number of piperazine rings is 1. The molecule has 2 N–H and O–H groups in total. The Morgan fingerprint density at radius 1 is 1.22 bits per heavy atom. The van der Waals surface area contributed by atoms with E-state index in [0.29, 0.717) is 6.04 Å². The van der Waals surface area contributed by atoms with Crippen molar-refractivity contribution in [3.63, 3.8) is 0 Å². The molecule has 1 aliphatic rings. The second kappa shape index (κ2) is 7.47. The van der Waals surface area contributed by atoms with E-state index < -0.39 is 0 Å². The van der Waals surface area contributed by atoms with Gasteiger partial charge in [-0.25, -0.2) is 4.98 Å². The van der Waals surface area contributed by atoms with Crippen LogP contribution in [0.2, 0.25) is 0 Å². The predicted molar refractivity (Wildman–Crippen MR) is 97.9 cm³/mol. The minimum absolute atomic E-state index is 0.313. The maximum atomic E-state index is 4.47. The Bertz CT molecular complexity index is 619. The summed E-state index contributed by atoms with van der Waals surface area (Å²) in [6.07, 6.45) is 0. The van der Waals surface area contributed by atoms with Crippen molar-refractivity contribution in [1.29, 1.82) is 0 Å². The van der Waals surface area contributed by atoms with Crippen molar-refractivity contribution >= 4 is 21.6 Å². The lowest BCUT2D eigenvalue weighted by molar-refractivity contribution is 0.180. The number of likely N-dealkylation sites (N-methyl/N-ethyl adjacent to an activating group) is 1. The van der Waals surface area contributed by atoms with Crippen molar-refractivity contribution < 1.29 is 0 Å². The van der Waals surface area contributed by atoms with E-state index in [1.54, 1.807) is 0 Å². The second-order valence-corrected chi connectivity index (χ2v) is 6.71. The molecule has 124 valence electrons. The fourth-order valence-corrected chi connectivity index (χ4v) is 3.87. The van der Waals surface area contributed by atoms with Gasteiger partial charge in [-0.3, -0.25) is 4.90 Å². The summed E-state index contributed by atoms with van der Waals surface area (Å²) in [5.74, 6) is 0.955. The number of halogens is 1. The minimum Gasteiger partial charge on any atom is -0.369 e. The number of hydrogen-bond donors (Lipinski definition) is 2. The smallest absolute Gasteiger partial charge is 0.129 e. The van der Waals surface area contributed by atoms with Gasteiger partial charge in [0, 0.05) is 38.4 Å². The van der Waals surface area contributed by atoms with Gasteiger partial charge in [0.15, 0.2) is 0 Å². The molecule has 2 aromatic rings. The van der Waals surface area contributed by atoms with E-state index >= 15 is 0 Å². The quantitative estimate of drug-likeness (QED) is 0.840. The standard InChI is InChI=1S/C17H24BrN5/c1-13-20-16(17(18)21-13)15(12-19-2)23-10-8-22(9-11-23)14-6-4-3-5-7-14/h3-7,15,19H,8-12H2,1-2H3,(H,20,21). The second-order valence-electron chi connectivity index (χ2n) is 5.96. The van der Waals surface area contributed by atoms with Gasteiger partial charge < -0.3 is 15.2 Å². The third kappa shape index (κ3) is 3.76. The van der Waals surface area contributed by atoms with Gasteiger partial charge >= 0.3 is 0 Å². The summed E-state index contributed by atoms with van der Waals surface area (Å²) >= 11 is 3.60. The molecule has 1 aromatic heterocycles. The molecule has 1 saturated heterocycles. The SMILES string of the molecule is CNCC(c1[nH]c(C)nc1Br)N1CCN(c2ccccc2)CC1. The molecule has 0 aliphatic carbocycles. The number of aromatic nitrogens is 2. The van der Waals surface area contributed by atoms with Crippen LogP contribution >= 0.6 is 15.9 Å². The van der Waals surface area contributed by atoms with E-state index in [9.17, 15) is 0 Å². The number of rotatable bonds is 5. The molecule has 0 amide bonds. The van der Waals surface area contributed by atoms with E-state index in [4.69, 9.17) is 0 Å². The number of para-hydroxylation sites is 1. The molecule has 0 saturated carbocycles. The number of hydrogen-bond acceptors (Lipinski definition) is 4. The molecule has 23 heavy (non-hydrogen) atoms. The van der Waals surface area contributed by atoms with Crippen molar-refractivity contribution in [2.75, 3.05) is 44.7 Å². The Morgan fingerprint density at radius 2 is 1.91 bits per heavy atom. The molecular formula is C17H24BrN5. The number of benzene rings is 1. The topological polar surface area (TPSA) is 47.2 Å². The van der Waals surface area contributed by atoms with Crippen LogP contribution in [-0.4, -0.2) is 54.6 Å². The zero-order valence-corrected chi connectivity index (χ0v) is 15.3. The zero-order chi connectivity index (χ0) is 16.2. The Kier molecular flexibility index (Phi) is 5.35. The molecule has 1 unspecified atom stereocenters. The van der Waals surface area contributed by atoms with Crippen molar-refractivity contribution in [3.8, 4) is 0 Å². The Labute approximate surface area is 146 Å². The molecule has 1 aliphatic heterocycles. The predicted octanol–water partition coefficient (Wildman–Crippen LogP) is 2.56. The Hall–Kier alpha value is -1.37. The highest BCUT2D eigenvalue weighted by molar-refractivity contribution is 9.10. The molecule has 1 aromatic carbocycles. The number of nitrogens with zero attached hydrogens (tertiary/aromatic N) is 3. The van der Waals surface area contributed by atoms with E-state index in [2.05, 4.69) is 71.3 Å². The van der Waals surface area contributed by atoms with Crippen LogP contribution in [-0.2, 0) is 0 Å². The number of aromatic amines is 1. The van der Waals surface area contributed by atoms with E-state index in [1.165, 1.54) is 11.4 Å². The molecule has 1 fully saturated rings. The first-order valence-electron chi connectivity index (χ1n) is 8.09. The molecule has 0 spiro atoms. The fourth-order valence-electron chi connectivity index (χ4n) is 3.24. The van der Waals surface area contributed by atoms with E-state index in [-0.39, 0.29) is 0 Å². The number of imidazole rings is 1. The summed E-state index contributed by atoms with van der Waals surface area (Å²) in [7, 11) is 2.00. The van der Waals surface area contributed by atoms with Crippen LogP contribution in [0.15, 0.2) is 34.9 Å². The highest BCUT2D eigenvalue weighted by atomic mass is 79.9. The van der Waals surface area contributed by atoms with Gasteiger partial charge in [-0.1, -0.05) is 18.2 Å². The number of aryl methyl sites for hydroxylation is 1. The fraction of sp³-hybridized carbons (Fsp3) is 0.471. The molecule has 5 nitrogen and oxygen atoms in total. The zero-order valence-electron chi connectivity index (χ0n) is 13.7. The van der Waals surface area contributed by atoms with Gasteiger partial charge in [-0.2, -0.15) is 0 Å². The van der Waals surface area contributed by atoms with Gasteiger partial charge in [0.2, 0.25) is 0 Å².